The summed E-state index contributed by atoms with van der Waals surface area (Å²) in [4.78, 5) is 29.1. The van der Waals surface area contributed by atoms with Gasteiger partial charge in [-0.2, -0.15) is 0 Å². The molecule has 3 aromatic rings. The van der Waals surface area contributed by atoms with Crippen molar-refractivity contribution >= 4 is 22.6 Å². The summed E-state index contributed by atoms with van der Waals surface area (Å²) in [6.45, 7) is 4.19. The summed E-state index contributed by atoms with van der Waals surface area (Å²) < 4.78 is 0. The Morgan fingerprint density at radius 3 is 2.45 bits per heavy atom. The Morgan fingerprint density at radius 1 is 0.925 bits per heavy atom. The van der Waals surface area contributed by atoms with Crippen molar-refractivity contribution in [2.45, 2.75) is 82.7 Å². The van der Waals surface area contributed by atoms with E-state index in [0.717, 1.165) is 48.9 Å². The molecule has 0 aromatic heterocycles. The molecule has 2 N–H and O–H groups in total. The Hall–Kier alpha value is -3.18. The molecule has 3 atom stereocenters. The zero-order chi connectivity index (χ0) is 27.7. The second-order valence-corrected chi connectivity index (χ2v) is 11.9. The lowest BCUT2D eigenvalue weighted by molar-refractivity contribution is -0.133. The van der Waals surface area contributed by atoms with Gasteiger partial charge in [0.2, 0.25) is 5.91 Å². The molecule has 5 nitrogen and oxygen atoms in total. The number of hydrogen-bond donors (Lipinski definition) is 2. The SMILES string of the molecule is CC[C@H](CN1CC[C@@H](CNC(=O)c2ccc3ccccc3c2)N[C@@H](CCC2CCCCC2)C1=O)c1ccccc1. The summed E-state index contributed by atoms with van der Waals surface area (Å²) in [5, 5.41) is 9.06. The molecule has 1 aliphatic heterocycles. The fourth-order valence-electron chi connectivity index (χ4n) is 6.62. The molecule has 5 rings (SSSR count). The van der Waals surface area contributed by atoms with Crippen LogP contribution in [0, 0.1) is 5.92 Å². The molecule has 2 aliphatic rings. The molecule has 0 unspecified atom stereocenters. The van der Waals surface area contributed by atoms with Gasteiger partial charge in [-0.25, -0.2) is 0 Å². The number of carbonyl (C=O) groups is 2. The van der Waals surface area contributed by atoms with Gasteiger partial charge in [0.1, 0.15) is 0 Å². The van der Waals surface area contributed by atoms with E-state index >= 15 is 0 Å². The van der Waals surface area contributed by atoms with Crippen molar-refractivity contribution in [1.29, 1.82) is 0 Å². The van der Waals surface area contributed by atoms with Crippen molar-refractivity contribution in [2.75, 3.05) is 19.6 Å². The van der Waals surface area contributed by atoms with Gasteiger partial charge in [0.25, 0.3) is 5.91 Å². The maximum atomic E-state index is 13.9. The van der Waals surface area contributed by atoms with Crippen LogP contribution in [0.5, 0.6) is 0 Å². The Bertz CT molecular complexity index is 1250. The number of nitrogens with one attached hydrogen (secondary N) is 2. The molecule has 5 heteroatoms. The van der Waals surface area contributed by atoms with E-state index in [9.17, 15) is 9.59 Å². The number of amides is 2. The van der Waals surface area contributed by atoms with Crippen molar-refractivity contribution in [3.05, 3.63) is 83.9 Å². The zero-order valence-electron chi connectivity index (χ0n) is 24.0. The van der Waals surface area contributed by atoms with E-state index in [1.165, 1.54) is 37.7 Å². The first-order valence-corrected chi connectivity index (χ1v) is 15.5. The lowest BCUT2D eigenvalue weighted by Gasteiger charge is -2.29. The van der Waals surface area contributed by atoms with Gasteiger partial charge in [0.05, 0.1) is 6.04 Å². The summed E-state index contributed by atoms with van der Waals surface area (Å²) in [5.41, 5.74) is 1.97. The van der Waals surface area contributed by atoms with Gasteiger partial charge in [-0.1, -0.05) is 99.7 Å². The summed E-state index contributed by atoms with van der Waals surface area (Å²) in [6.07, 6.45) is 10.4. The third-order valence-corrected chi connectivity index (χ3v) is 9.11. The van der Waals surface area contributed by atoms with E-state index in [0.29, 0.717) is 24.6 Å². The van der Waals surface area contributed by atoms with Crippen molar-refractivity contribution < 1.29 is 9.59 Å². The number of nitrogens with zero attached hydrogens (tertiary/aromatic N) is 1. The van der Waals surface area contributed by atoms with Crippen LogP contribution in [0.3, 0.4) is 0 Å². The molecule has 0 radical (unpaired) electrons. The lowest BCUT2D eigenvalue weighted by atomic mass is 9.85. The Labute approximate surface area is 239 Å². The normalized spacial score (nSPS) is 21.2. The number of carbonyl (C=O) groups excluding carboxylic acids is 2. The minimum Gasteiger partial charge on any atom is -0.350 e. The van der Waals surface area contributed by atoms with E-state index in [2.05, 4.69) is 58.9 Å². The molecule has 1 heterocycles. The first-order valence-electron chi connectivity index (χ1n) is 15.5. The Balaban J connectivity index is 1.25. The smallest absolute Gasteiger partial charge is 0.251 e. The van der Waals surface area contributed by atoms with Gasteiger partial charge >= 0.3 is 0 Å². The Kier molecular flexibility index (Phi) is 9.88. The Morgan fingerprint density at radius 2 is 1.68 bits per heavy atom. The molecule has 3 aromatic carbocycles. The molecule has 2 fully saturated rings. The van der Waals surface area contributed by atoms with Crippen LogP contribution >= 0.6 is 0 Å². The second kappa shape index (κ2) is 13.9. The van der Waals surface area contributed by atoms with Crippen LogP contribution in [0.15, 0.2) is 72.8 Å². The van der Waals surface area contributed by atoms with E-state index in [4.69, 9.17) is 0 Å². The molecule has 1 saturated carbocycles. The molecule has 1 saturated heterocycles. The summed E-state index contributed by atoms with van der Waals surface area (Å²) in [6, 6.07) is 24.4. The van der Waals surface area contributed by atoms with Crippen molar-refractivity contribution in [1.82, 2.24) is 15.5 Å². The fraction of sp³-hybridized carbons (Fsp3) is 0.486. The number of fused-ring (bicyclic) bond motifs is 1. The number of benzene rings is 3. The lowest BCUT2D eigenvalue weighted by Crippen LogP contribution is -2.49. The van der Waals surface area contributed by atoms with Crippen LogP contribution < -0.4 is 10.6 Å². The molecule has 212 valence electrons. The number of rotatable bonds is 10. The van der Waals surface area contributed by atoms with Crippen LogP contribution in [0.2, 0.25) is 0 Å². The topological polar surface area (TPSA) is 61.4 Å². The first kappa shape index (κ1) is 28.4. The zero-order valence-corrected chi connectivity index (χ0v) is 24.0. The van der Waals surface area contributed by atoms with Crippen molar-refractivity contribution in [3.8, 4) is 0 Å². The predicted octanol–water partition coefficient (Wildman–Crippen LogP) is 6.68. The molecule has 40 heavy (non-hydrogen) atoms. The summed E-state index contributed by atoms with van der Waals surface area (Å²) in [5.74, 6) is 1.23. The number of hydrogen-bond acceptors (Lipinski definition) is 3. The van der Waals surface area contributed by atoms with Gasteiger partial charge in [-0.15, -0.1) is 0 Å². The molecular formula is C35H45N3O2. The molecule has 1 aliphatic carbocycles. The van der Waals surface area contributed by atoms with E-state index in [1.807, 2.05) is 36.4 Å². The van der Waals surface area contributed by atoms with E-state index in [-0.39, 0.29) is 23.9 Å². The van der Waals surface area contributed by atoms with E-state index < -0.39 is 0 Å². The van der Waals surface area contributed by atoms with Gasteiger partial charge < -0.3 is 15.5 Å². The maximum Gasteiger partial charge on any atom is 0.251 e. The maximum absolute atomic E-state index is 13.9. The summed E-state index contributed by atoms with van der Waals surface area (Å²) >= 11 is 0. The van der Waals surface area contributed by atoms with Crippen molar-refractivity contribution in [3.63, 3.8) is 0 Å². The van der Waals surface area contributed by atoms with Gasteiger partial charge in [-0.3, -0.25) is 9.59 Å². The predicted molar refractivity (Wildman–Crippen MR) is 163 cm³/mol. The molecule has 2 amide bonds. The third kappa shape index (κ3) is 7.31. The average Bonchev–Trinajstić information content (AvgIpc) is 3.16. The van der Waals surface area contributed by atoms with E-state index in [1.54, 1.807) is 0 Å². The second-order valence-electron chi connectivity index (χ2n) is 11.9. The highest BCUT2D eigenvalue weighted by Gasteiger charge is 2.32. The summed E-state index contributed by atoms with van der Waals surface area (Å²) in [7, 11) is 0. The average molecular weight is 540 g/mol. The largest absolute Gasteiger partial charge is 0.350 e. The van der Waals surface area contributed by atoms with Crippen LogP contribution in [0.25, 0.3) is 10.8 Å². The van der Waals surface area contributed by atoms with Gasteiger partial charge in [0.15, 0.2) is 0 Å². The first-order chi connectivity index (χ1) is 19.6. The van der Waals surface area contributed by atoms with Crippen molar-refractivity contribution in [2.24, 2.45) is 5.92 Å². The quantitative estimate of drug-likeness (QED) is 0.302. The highest BCUT2D eigenvalue weighted by Crippen LogP contribution is 2.29. The van der Waals surface area contributed by atoms with Crippen LogP contribution in [-0.2, 0) is 4.79 Å². The van der Waals surface area contributed by atoms with Crippen LogP contribution in [0.1, 0.15) is 86.6 Å². The third-order valence-electron chi connectivity index (χ3n) is 9.11. The van der Waals surface area contributed by atoms with Gasteiger partial charge in [-0.05, 0) is 60.1 Å². The molecule has 0 spiro atoms. The highest BCUT2D eigenvalue weighted by atomic mass is 16.2. The van der Waals surface area contributed by atoms with Gasteiger partial charge in [0, 0.05) is 37.2 Å². The minimum atomic E-state index is -0.194. The fourth-order valence-corrected chi connectivity index (χ4v) is 6.62. The van der Waals surface area contributed by atoms with Crippen LogP contribution in [-0.4, -0.2) is 48.4 Å². The highest BCUT2D eigenvalue weighted by molar-refractivity contribution is 5.98. The standard InChI is InChI=1S/C35H45N3O2/c1-2-27(28-13-7-4-8-14-28)25-38-22-21-32(37-33(35(38)40)20-17-26-11-5-3-6-12-26)24-36-34(39)31-19-18-29-15-9-10-16-30(29)23-31/h4,7-10,13-16,18-19,23,26-27,32-33,37H,2-3,5-6,11-12,17,20-22,24-25H2,1H3,(H,36,39)/t27-,32+,33+/m1/s1. The van der Waals surface area contributed by atoms with Crippen LogP contribution in [0.4, 0.5) is 0 Å². The monoisotopic (exact) mass is 539 g/mol. The minimum absolute atomic E-state index is 0.0612. The molecular weight excluding hydrogens is 494 g/mol. The molecule has 0 bridgehead atoms.